The van der Waals surface area contributed by atoms with Gasteiger partial charge in [-0.05, 0) is 83.8 Å². The third-order valence-electron chi connectivity index (χ3n) is 4.28. The normalized spacial score (nSPS) is 11.9. The average Bonchev–Trinajstić information content (AvgIpc) is 2.71. The number of nitrogens with zero attached hydrogens (tertiary/aromatic N) is 1. The van der Waals surface area contributed by atoms with Gasteiger partial charge in [-0.3, -0.25) is 4.98 Å². The highest BCUT2D eigenvalue weighted by Crippen LogP contribution is 2.23. The average molecular weight is 519 g/mol. The van der Waals surface area contributed by atoms with Crippen LogP contribution in [0.3, 0.4) is 0 Å². The lowest BCUT2D eigenvalue weighted by atomic mass is 10.1. The van der Waals surface area contributed by atoms with Gasteiger partial charge in [0.15, 0.2) is 5.11 Å². The van der Waals surface area contributed by atoms with Crippen molar-refractivity contribution in [3.63, 3.8) is 0 Å². The van der Waals surface area contributed by atoms with Gasteiger partial charge in [-0.2, -0.15) is 0 Å². The Balaban J connectivity index is 1.90. The lowest BCUT2D eigenvalue weighted by Gasteiger charge is -2.20. The van der Waals surface area contributed by atoms with Crippen molar-refractivity contribution in [2.24, 2.45) is 5.73 Å². The second-order valence-corrected chi connectivity index (χ2v) is 8.69. The summed E-state index contributed by atoms with van der Waals surface area (Å²) in [5.74, 6) is 0. The van der Waals surface area contributed by atoms with Crippen LogP contribution in [-0.4, -0.2) is 29.7 Å². The summed E-state index contributed by atoms with van der Waals surface area (Å²) in [6, 6.07) is 9.72. The number of unbranched alkanes of at least 4 members (excludes halogenated alkanes) is 1. The Morgan fingerprint density at radius 2 is 1.90 bits per heavy atom. The number of thiocarbonyl (C=S) groups is 1. The molecule has 0 aliphatic heterocycles. The summed E-state index contributed by atoms with van der Waals surface area (Å²) < 4.78 is 0.950. The van der Waals surface area contributed by atoms with Gasteiger partial charge in [-0.15, -0.1) is 0 Å². The molecule has 0 aliphatic rings. The van der Waals surface area contributed by atoms with Crippen molar-refractivity contribution < 1.29 is 0 Å². The van der Waals surface area contributed by atoms with E-state index in [4.69, 9.17) is 41.2 Å². The fourth-order valence-corrected chi connectivity index (χ4v) is 3.46. The van der Waals surface area contributed by atoms with Crippen molar-refractivity contribution in [1.29, 1.82) is 0 Å². The Kier molecular flexibility index (Phi) is 11.2. The SMILES string of the molecule is NCCCCNC(=S)NCCC(NCc1ccc(Cl)c(Cl)c1)c1ccc(Br)cn1. The van der Waals surface area contributed by atoms with E-state index in [1.165, 1.54) is 0 Å². The molecule has 0 amide bonds. The lowest BCUT2D eigenvalue weighted by Crippen LogP contribution is -2.37. The third-order valence-corrected chi connectivity index (χ3v) is 5.78. The molecule has 158 valence electrons. The van der Waals surface area contributed by atoms with Crippen LogP contribution in [0.2, 0.25) is 10.0 Å². The number of hydrogen-bond donors (Lipinski definition) is 4. The monoisotopic (exact) mass is 517 g/mol. The molecule has 29 heavy (non-hydrogen) atoms. The minimum Gasteiger partial charge on any atom is -0.363 e. The van der Waals surface area contributed by atoms with Gasteiger partial charge in [-0.1, -0.05) is 29.3 Å². The summed E-state index contributed by atoms with van der Waals surface area (Å²) >= 11 is 20.9. The highest BCUT2D eigenvalue weighted by Gasteiger charge is 2.13. The van der Waals surface area contributed by atoms with Crippen LogP contribution in [0, 0.1) is 0 Å². The number of benzene rings is 1. The van der Waals surface area contributed by atoms with Gasteiger partial charge in [0.05, 0.1) is 21.8 Å². The molecule has 0 fully saturated rings. The van der Waals surface area contributed by atoms with E-state index in [0.717, 1.165) is 48.1 Å². The minimum atomic E-state index is 0.0603. The van der Waals surface area contributed by atoms with Gasteiger partial charge in [0.25, 0.3) is 0 Å². The Morgan fingerprint density at radius 1 is 1.10 bits per heavy atom. The zero-order chi connectivity index (χ0) is 21.1. The quantitative estimate of drug-likeness (QED) is 0.258. The highest BCUT2D eigenvalue weighted by molar-refractivity contribution is 9.10. The molecular weight excluding hydrogens is 493 g/mol. The lowest BCUT2D eigenvalue weighted by molar-refractivity contribution is 0.485. The summed E-state index contributed by atoms with van der Waals surface area (Å²) in [5.41, 5.74) is 7.53. The molecule has 1 atom stereocenters. The van der Waals surface area contributed by atoms with Gasteiger partial charge in [0.1, 0.15) is 0 Å². The first-order chi connectivity index (χ1) is 14.0. The van der Waals surface area contributed by atoms with Crippen molar-refractivity contribution in [2.45, 2.75) is 31.8 Å². The molecule has 5 nitrogen and oxygen atoms in total. The van der Waals surface area contributed by atoms with E-state index in [1.807, 2.05) is 30.3 Å². The zero-order valence-electron chi connectivity index (χ0n) is 16.1. The van der Waals surface area contributed by atoms with Crippen LogP contribution in [-0.2, 0) is 6.54 Å². The molecule has 1 unspecified atom stereocenters. The Morgan fingerprint density at radius 3 is 2.59 bits per heavy atom. The van der Waals surface area contributed by atoms with E-state index in [0.29, 0.717) is 28.2 Å². The predicted molar refractivity (Wildman–Crippen MR) is 129 cm³/mol. The maximum absolute atomic E-state index is 6.13. The van der Waals surface area contributed by atoms with Crippen molar-refractivity contribution in [3.05, 3.63) is 62.3 Å². The maximum atomic E-state index is 6.13. The van der Waals surface area contributed by atoms with Crippen molar-refractivity contribution in [3.8, 4) is 0 Å². The molecule has 0 aliphatic carbocycles. The van der Waals surface area contributed by atoms with Crippen molar-refractivity contribution >= 4 is 56.5 Å². The third kappa shape index (κ3) is 9.15. The van der Waals surface area contributed by atoms with Crippen molar-refractivity contribution in [2.75, 3.05) is 19.6 Å². The maximum Gasteiger partial charge on any atom is 0.166 e. The number of nitrogens with one attached hydrogen (secondary N) is 3. The number of aromatic nitrogens is 1. The van der Waals surface area contributed by atoms with Crippen LogP contribution in [0.15, 0.2) is 41.0 Å². The molecule has 5 N–H and O–H groups in total. The number of hydrogen-bond acceptors (Lipinski definition) is 4. The number of rotatable bonds is 11. The number of halogens is 3. The largest absolute Gasteiger partial charge is 0.363 e. The van der Waals surface area contributed by atoms with Crippen LogP contribution < -0.4 is 21.7 Å². The van der Waals surface area contributed by atoms with Crippen LogP contribution in [0.1, 0.15) is 36.6 Å². The van der Waals surface area contributed by atoms with Gasteiger partial charge >= 0.3 is 0 Å². The number of pyridine rings is 1. The van der Waals surface area contributed by atoms with Crippen LogP contribution in [0.5, 0.6) is 0 Å². The van der Waals surface area contributed by atoms with Gasteiger partial charge in [-0.25, -0.2) is 0 Å². The molecule has 9 heteroatoms. The second-order valence-electron chi connectivity index (χ2n) is 6.55. The predicted octanol–water partition coefficient (Wildman–Crippen LogP) is 4.57. The molecule has 0 saturated heterocycles. The fourth-order valence-electron chi connectivity index (χ4n) is 2.70. The standard InChI is InChI=1S/C20H26BrCl2N5S/c21-15-4-6-18(28-13-15)19(7-10-26-20(29)25-9-2-1-8-24)27-12-14-3-5-16(22)17(23)11-14/h3-6,11,13,19,27H,1-2,7-10,12,24H2,(H2,25,26,29). The first-order valence-electron chi connectivity index (χ1n) is 9.50. The molecular formula is C20H26BrCl2N5S. The fraction of sp³-hybridized carbons (Fsp3) is 0.400. The summed E-state index contributed by atoms with van der Waals surface area (Å²) in [4.78, 5) is 4.55. The van der Waals surface area contributed by atoms with E-state index in [-0.39, 0.29) is 6.04 Å². The first kappa shape index (κ1) is 24.3. The van der Waals surface area contributed by atoms with E-state index < -0.39 is 0 Å². The van der Waals surface area contributed by atoms with Gasteiger partial charge in [0, 0.05) is 30.3 Å². The van der Waals surface area contributed by atoms with Crippen molar-refractivity contribution in [1.82, 2.24) is 20.9 Å². The molecule has 0 saturated carbocycles. The van der Waals surface area contributed by atoms with E-state index in [9.17, 15) is 0 Å². The Bertz CT molecular complexity index is 776. The summed E-state index contributed by atoms with van der Waals surface area (Å²) in [5, 5.41) is 11.8. The molecule has 0 spiro atoms. The van der Waals surface area contributed by atoms with Gasteiger partial charge in [0.2, 0.25) is 0 Å². The minimum absolute atomic E-state index is 0.0603. The van der Waals surface area contributed by atoms with Crippen LogP contribution in [0.25, 0.3) is 0 Å². The smallest absolute Gasteiger partial charge is 0.166 e. The van der Waals surface area contributed by atoms with E-state index in [2.05, 4.69) is 36.9 Å². The first-order valence-corrected chi connectivity index (χ1v) is 11.5. The summed E-state index contributed by atoms with van der Waals surface area (Å²) in [7, 11) is 0. The van der Waals surface area contributed by atoms with E-state index >= 15 is 0 Å². The molecule has 0 bridgehead atoms. The summed E-state index contributed by atoms with van der Waals surface area (Å²) in [6.07, 6.45) is 4.63. The topological polar surface area (TPSA) is 75.0 Å². The Labute approximate surface area is 196 Å². The molecule has 1 aromatic heterocycles. The highest BCUT2D eigenvalue weighted by atomic mass is 79.9. The Hall–Kier alpha value is -0.960. The molecule has 2 aromatic rings. The second kappa shape index (κ2) is 13.4. The number of nitrogens with two attached hydrogens (primary N) is 1. The van der Waals surface area contributed by atoms with Crippen LogP contribution >= 0.6 is 51.3 Å². The zero-order valence-corrected chi connectivity index (χ0v) is 20.0. The molecule has 2 rings (SSSR count). The molecule has 0 radical (unpaired) electrons. The van der Waals surface area contributed by atoms with Gasteiger partial charge < -0.3 is 21.7 Å². The van der Waals surface area contributed by atoms with E-state index in [1.54, 1.807) is 6.20 Å². The van der Waals surface area contributed by atoms with Crippen LogP contribution in [0.4, 0.5) is 0 Å². The molecule has 1 aromatic carbocycles. The molecule has 1 heterocycles. The summed E-state index contributed by atoms with van der Waals surface area (Å²) in [6.45, 7) is 2.91.